The van der Waals surface area contributed by atoms with Crippen LogP contribution in [-0.2, 0) is 24.3 Å². The van der Waals surface area contributed by atoms with E-state index in [1.165, 1.54) is 11.0 Å². The number of carbonyl (C=O) groups is 2. The first-order chi connectivity index (χ1) is 14.8. The molecule has 2 aliphatic rings. The monoisotopic (exact) mass is 505 g/mol. The van der Waals surface area contributed by atoms with Crippen molar-refractivity contribution in [2.24, 2.45) is 0 Å². The molecule has 4 rings (SSSR count). The number of carbonyl (C=O) groups excluding carboxylic acids is 2. The highest BCUT2D eigenvalue weighted by Crippen LogP contribution is 2.34. The number of likely N-dealkylation sites (tertiary alicyclic amines) is 1. The molecule has 0 aliphatic carbocycles. The van der Waals surface area contributed by atoms with E-state index < -0.39 is 28.0 Å². The van der Waals surface area contributed by atoms with Gasteiger partial charge in [0.25, 0.3) is 10.0 Å². The molecule has 0 saturated carbocycles. The van der Waals surface area contributed by atoms with Crippen LogP contribution in [0, 0.1) is 0 Å². The number of rotatable bonds is 6. The Morgan fingerprint density at radius 1 is 1.26 bits per heavy atom. The minimum atomic E-state index is -3.91. The number of morpholine rings is 1. The van der Waals surface area contributed by atoms with Gasteiger partial charge in [-0.3, -0.25) is 9.59 Å². The fourth-order valence-electron chi connectivity index (χ4n) is 3.51. The minimum absolute atomic E-state index is 0.0671. The predicted molar refractivity (Wildman–Crippen MR) is 116 cm³/mol. The number of aromatic nitrogens is 2. The maximum Gasteiger partial charge on any atom is 0.250 e. The van der Waals surface area contributed by atoms with Gasteiger partial charge in [-0.05, 0) is 37.1 Å². The molecule has 2 atom stereocenters. The fraction of sp³-hybridized carbons (Fsp3) is 0.529. The zero-order chi connectivity index (χ0) is 22.2. The number of halogens is 1. The maximum atomic E-state index is 12.8. The summed E-state index contributed by atoms with van der Waals surface area (Å²) < 4.78 is 33.7. The Hall–Kier alpha value is -1.64. The third-order valence-electron chi connectivity index (χ3n) is 5.14. The summed E-state index contributed by atoms with van der Waals surface area (Å²) in [5.74, 6) is -0.552. The van der Waals surface area contributed by atoms with Gasteiger partial charge in [0.2, 0.25) is 16.3 Å². The molecule has 31 heavy (non-hydrogen) atoms. The molecule has 2 aliphatic heterocycles. The van der Waals surface area contributed by atoms with Crippen LogP contribution in [0.5, 0.6) is 0 Å². The SMILES string of the molecule is C[C@@H](C(=O)N1CCOCC1)N1CC[C@H](NS(=O)(=O)c2ccc(-c3nnc(Cl)s3)s2)C1=O. The third-order valence-corrected chi connectivity index (χ3v) is 9.38. The molecule has 2 fully saturated rings. The Morgan fingerprint density at radius 3 is 2.68 bits per heavy atom. The first-order valence-corrected chi connectivity index (χ1v) is 13.0. The van der Waals surface area contributed by atoms with E-state index in [1.54, 1.807) is 17.9 Å². The molecule has 2 aromatic heterocycles. The van der Waals surface area contributed by atoms with Crippen LogP contribution in [0.4, 0.5) is 0 Å². The molecule has 10 nitrogen and oxygen atoms in total. The quantitative estimate of drug-likeness (QED) is 0.622. The van der Waals surface area contributed by atoms with E-state index in [-0.39, 0.29) is 14.6 Å². The third kappa shape index (κ3) is 4.76. The van der Waals surface area contributed by atoms with Crippen LogP contribution in [0.3, 0.4) is 0 Å². The molecule has 2 aromatic rings. The summed E-state index contributed by atoms with van der Waals surface area (Å²) in [5, 5.41) is 8.15. The Morgan fingerprint density at radius 2 is 2.00 bits per heavy atom. The van der Waals surface area contributed by atoms with Crippen LogP contribution in [0.2, 0.25) is 4.47 Å². The van der Waals surface area contributed by atoms with E-state index >= 15 is 0 Å². The van der Waals surface area contributed by atoms with Crippen molar-refractivity contribution in [3.63, 3.8) is 0 Å². The van der Waals surface area contributed by atoms with Gasteiger partial charge in [-0.1, -0.05) is 11.3 Å². The number of sulfonamides is 1. The fourth-order valence-corrected chi connectivity index (χ4v) is 6.93. The van der Waals surface area contributed by atoms with Gasteiger partial charge in [0.1, 0.15) is 16.3 Å². The van der Waals surface area contributed by atoms with E-state index in [1.807, 2.05) is 0 Å². The summed E-state index contributed by atoms with van der Waals surface area (Å²) in [5.41, 5.74) is 0. The van der Waals surface area contributed by atoms with Crippen LogP contribution >= 0.6 is 34.3 Å². The van der Waals surface area contributed by atoms with Crippen LogP contribution in [0.15, 0.2) is 16.3 Å². The van der Waals surface area contributed by atoms with Gasteiger partial charge in [-0.25, -0.2) is 8.42 Å². The first-order valence-electron chi connectivity index (χ1n) is 9.55. The molecule has 14 heteroatoms. The Balaban J connectivity index is 1.42. The summed E-state index contributed by atoms with van der Waals surface area (Å²) in [6, 6.07) is 1.52. The number of hydrogen-bond donors (Lipinski definition) is 1. The standard InChI is InChI=1S/C17H20ClN5O5S3/c1-10(15(24)22-6-8-28-9-7-22)23-5-4-11(16(23)25)21-31(26,27)13-3-2-12(29-13)14-19-20-17(18)30-14/h2-3,10-11,21H,4-9H2,1H3/t10-,11-/m0/s1. The predicted octanol–water partition coefficient (Wildman–Crippen LogP) is 1.05. The van der Waals surface area contributed by atoms with Crippen molar-refractivity contribution in [2.75, 3.05) is 32.8 Å². The van der Waals surface area contributed by atoms with Crippen molar-refractivity contribution < 1.29 is 22.7 Å². The number of thiophene rings is 1. The molecule has 0 aromatic carbocycles. The minimum Gasteiger partial charge on any atom is -0.378 e. The van der Waals surface area contributed by atoms with Gasteiger partial charge >= 0.3 is 0 Å². The van der Waals surface area contributed by atoms with Crippen molar-refractivity contribution in [2.45, 2.75) is 29.6 Å². The zero-order valence-electron chi connectivity index (χ0n) is 16.5. The number of hydrogen-bond acceptors (Lipinski definition) is 9. The second kappa shape index (κ2) is 9.08. The molecule has 1 N–H and O–H groups in total. The molecule has 4 heterocycles. The summed E-state index contributed by atoms with van der Waals surface area (Å²) in [6.07, 6.45) is 0.295. The van der Waals surface area contributed by atoms with Gasteiger partial charge in [0.15, 0.2) is 5.01 Å². The van der Waals surface area contributed by atoms with Crippen LogP contribution < -0.4 is 4.72 Å². The molecule has 2 saturated heterocycles. The van der Waals surface area contributed by atoms with E-state index in [0.717, 1.165) is 22.7 Å². The van der Waals surface area contributed by atoms with Crippen molar-refractivity contribution >= 4 is 56.1 Å². The molecule has 168 valence electrons. The topological polar surface area (TPSA) is 122 Å². The largest absolute Gasteiger partial charge is 0.378 e. The Kier molecular flexibility index (Phi) is 6.60. The first kappa shape index (κ1) is 22.6. The molecule has 0 unspecified atom stereocenters. The lowest BCUT2D eigenvalue weighted by atomic mass is 10.2. The van der Waals surface area contributed by atoms with E-state index in [9.17, 15) is 18.0 Å². The van der Waals surface area contributed by atoms with Crippen molar-refractivity contribution in [1.82, 2.24) is 24.7 Å². The van der Waals surface area contributed by atoms with Gasteiger partial charge in [-0.2, -0.15) is 4.72 Å². The lowest BCUT2D eigenvalue weighted by Gasteiger charge is -2.32. The molecule has 0 spiro atoms. The van der Waals surface area contributed by atoms with Crippen LogP contribution in [-0.4, -0.2) is 85.2 Å². The summed E-state index contributed by atoms with van der Waals surface area (Å²) in [7, 11) is -3.91. The second-order valence-corrected chi connectivity index (χ2v) is 11.7. The average molecular weight is 506 g/mol. The van der Waals surface area contributed by atoms with E-state index in [0.29, 0.717) is 49.2 Å². The molecule has 2 amide bonds. The molecular formula is C17H20ClN5O5S3. The highest BCUT2D eigenvalue weighted by Gasteiger charge is 2.40. The highest BCUT2D eigenvalue weighted by atomic mass is 35.5. The lowest BCUT2D eigenvalue weighted by molar-refractivity contribution is -0.146. The smallest absolute Gasteiger partial charge is 0.250 e. The van der Waals surface area contributed by atoms with Gasteiger partial charge in [-0.15, -0.1) is 21.5 Å². The van der Waals surface area contributed by atoms with Crippen molar-refractivity contribution in [3.05, 3.63) is 16.6 Å². The summed E-state index contributed by atoms with van der Waals surface area (Å²) in [4.78, 5) is 29.3. The van der Waals surface area contributed by atoms with Crippen LogP contribution in [0.1, 0.15) is 13.3 Å². The van der Waals surface area contributed by atoms with E-state index in [2.05, 4.69) is 14.9 Å². The van der Waals surface area contributed by atoms with Gasteiger partial charge < -0.3 is 14.5 Å². The average Bonchev–Trinajstić information content (AvgIpc) is 3.49. The van der Waals surface area contributed by atoms with Gasteiger partial charge in [0.05, 0.1) is 18.1 Å². The molecule has 0 radical (unpaired) electrons. The Labute approximate surface area is 192 Å². The second-order valence-electron chi connectivity index (χ2n) is 7.09. The van der Waals surface area contributed by atoms with Crippen molar-refractivity contribution in [3.8, 4) is 9.88 Å². The lowest BCUT2D eigenvalue weighted by Crippen LogP contribution is -2.52. The normalized spacial score (nSPS) is 21.0. The zero-order valence-corrected chi connectivity index (χ0v) is 19.7. The number of amides is 2. The number of nitrogens with one attached hydrogen (secondary N) is 1. The van der Waals surface area contributed by atoms with Crippen molar-refractivity contribution in [1.29, 1.82) is 0 Å². The summed E-state index contributed by atoms with van der Waals surface area (Å²) >= 11 is 7.96. The maximum absolute atomic E-state index is 12.8. The van der Waals surface area contributed by atoms with Crippen LogP contribution in [0.25, 0.3) is 9.88 Å². The summed E-state index contributed by atoms with van der Waals surface area (Å²) in [6.45, 7) is 3.90. The van der Waals surface area contributed by atoms with E-state index in [4.69, 9.17) is 16.3 Å². The Bertz CT molecular complexity index is 1080. The molecular weight excluding hydrogens is 486 g/mol. The molecule has 0 bridgehead atoms. The van der Waals surface area contributed by atoms with Gasteiger partial charge in [0, 0.05) is 19.6 Å². The number of ether oxygens (including phenoxy) is 1. The number of nitrogens with zero attached hydrogens (tertiary/aromatic N) is 4. The highest BCUT2D eigenvalue weighted by molar-refractivity contribution is 7.91.